The Labute approximate surface area is 108 Å². The van der Waals surface area contributed by atoms with Crippen LogP contribution in [-0.2, 0) is 11.2 Å². The van der Waals surface area contributed by atoms with E-state index >= 15 is 0 Å². The first-order chi connectivity index (χ1) is 8.70. The van der Waals surface area contributed by atoms with Gasteiger partial charge in [0, 0.05) is 25.7 Å². The standard InChI is InChI=1S/C14H22N2O2/c1-18-11-8-13(16-9-11)14(17)12(15)7-10-5-3-2-4-6-10/h2-6,11-14,16-17H,7-9,15H2,1H3. The fourth-order valence-corrected chi connectivity index (χ4v) is 2.48. The van der Waals surface area contributed by atoms with Crippen LogP contribution in [0.4, 0.5) is 0 Å². The molecule has 18 heavy (non-hydrogen) atoms. The van der Waals surface area contributed by atoms with Crippen molar-refractivity contribution in [2.24, 2.45) is 5.73 Å². The van der Waals surface area contributed by atoms with E-state index in [1.807, 2.05) is 30.3 Å². The number of aliphatic hydroxyl groups is 1. The van der Waals surface area contributed by atoms with Crippen LogP contribution in [0.3, 0.4) is 0 Å². The lowest BCUT2D eigenvalue weighted by Gasteiger charge is -2.24. The number of nitrogens with two attached hydrogens (primary N) is 1. The summed E-state index contributed by atoms with van der Waals surface area (Å²) in [7, 11) is 1.70. The summed E-state index contributed by atoms with van der Waals surface area (Å²) in [4.78, 5) is 0. The number of rotatable bonds is 5. The van der Waals surface area contributed by atoms with Crippen LogP contribution in [-0.4, -0.2) is 43.1 Å². The highest BCUT2D eigenvalue weighted by atomic mass is 16.5. The van der Waals surface area contributed by atoms with E-state index in [1.54, 1.807) is 7.11 Å². The predicted molar refractivity (Wildman–Crippen MR) is 71.3 cm³/mol. The molecule has 1 aliphatic heterocycles. The fraction of sp³-hybridized carbons (Fsp3) is 0.571. The van der Waals surface area contributed by atoms with Gasteiger partial charge in [-0.2, -0.15) is 0 Å². The van der Waals surface area contributed by atoms with Gasteiger partial charge in [0.15, 0.2) is 0 Å². The molecular formula is C14H22N2O2. The summed E-state index contributed by atoms with van der Waals surface area (Å²) in [5.41, 5.74) is 7.24. The summed E-state index contributed by atoms with van der Waals surface area (Å²) in [5.74, 6) is 0. The van der Waals surface area contributed by atoms with Gasteiger partial charge >= 0.3 is 0 Å². The van der Waals surface area contributed by atoms with E-state index in [0.29, 0.717) is 6.42 Å². The first kappa shape index (κ1) is 13.5. The topological polar surface area (TPSA) is 67.5 Å². The van der Waals surface area contributed by atoms with Crippen LogP contribution in [0.25, 0.3) is 0 Å². The van der Waals surface area contributed by atoms with Gasteiger partial charge < -0.3 is 20.9 Å². The molecule has 0 bridgehead atoms. The molecule has 0 aliphatic carbocycles. The average Bonchev–Trinajstić information content (AvgIpc) is 2.87. The SMILES string of the molecule is COC1CNC(C(O)C(N)Cc2ccccc2)C1. The van der Waals surface area contributed by atoms with Crippen LogP contribution in [0.2, 0.25) is 0 Å². The number of nitrogens with one attached hydrogen (secondary N) is 1. The van der Waals surface area contributed by atoms with E-state index in [0.717, 1.165) is 18.5 Å². The number of hydrogen-bond donors (Lipinski definition) is 3. The van der Waals surface area contributed by atoms with Crippen molar-refractivity contribution in [3.63, 3.8) is 0 Å². The Morgan fingerprint density at radius 2 is 2.17 bits per heavy atom. The van der Waals surface area contributed by atoms with Gasteiger partial charge in [0.05, 0.1) is 12.2 Å². The monoisotopic (exact) mass is 250 g/mol. The molecule has 0 saturated carbocycles. The Bertz CT molecular complexity index is 358. The molecule has 4 nitrogen and oxygen atoms in total. The summed E-state index contributed by atoms with van der Waals surface area (Å²) in [6.45, 7) is 0.788. The minimum Gasteiger partial charge on any atom is -0.390 e. The van der Waals surface area contributed by atoms with Gasteiger partial charge in [0.1, 0.15) is 0 Å². The zero-order valence-corrected chi connectivity index (χ0v) is 10.8. The lowest BCUT2D eigenvalue weighted by Crippen LogP contribution is -2.48. The molecule has 4 atom stereocenters. The van der Waals surface area contributed by atoms with Gasteiger partial charge in [0.25, 0.3) is 0 Å². The summed E-state index contributed by atoms with van der Waals surface area (Å²) in [5, 5.41) is 13.5. The van der Waals surface area contributed by atoms with Crippen LogP contribution < -0.4 is 11.1 Å². The molecular weight excluding hydrogens is 228 g/mol. The van der Waals surface area contributed by atoms with E-state index in [2.05, 4.69) is 5.32 Å². The Morgan fingerprint density at radius 3 is 2.78 bits per heavy atom. The second-order valence-corrected chi connectivity index (χ2v) is 4.95. The first-order valence-electron chi connectivity index (χ1n) is 6.44. The Hall–Kier alpha value is -0.940. The quantitative estimate of drug-likeness (QED) is 0.703. The molecule has 1 aromatic carbocycles. The van der Waals surface area contributed by atoms with Gasteiger partial charge in [-0.25, -0.2) is 0 Å². The highest BCUT2D eigenvalue weighted by Crippen LogP contribution is 2.16. The lowest BCUT2D eigenvalue weighted by atomic mass is 9.96. The van der Waals surface area contributed by atoms with Gasteiger partial charge in [-0.05, 0) is 18.4 Å². The molecule has 2 rings (SSSR count). The normalized spacial score (nSPS) is 27.1. The molecule has 100 valence electrons. The zero-order chi connectivity index (χ0) is 13.0. The third kappa shape index (κ3) is 3.29. The highest BCUT2D eigenvalue weighted by Gasteiger charge is 2.32. The first-order valence-corrected chi connectivity index (χ1v) is 6.44. The zero-order valence-electron chi connectivity index (χ0n) is 10.8. The molecule has 1 heterocycles. The van der Waals surface area contributed by atoms with E-state index in [4.69, 9.17) is 10.5 Å². The number of methoxy groups -OCH3 is 1. The summed E-state index contributed by atoms with van der Waals surface area (Å²) in [6, 6.07) is 9.81. The third-order valence-electron chi connectivity index (χ3n) is 3.62. The highest BCUT2D eigenvalue weighted by molar-refractivity contribution is 5.16. The van der Waals surface area contributed by atoms with Crippen molar-refractivity contribution in [3.8, 4) is 0 Å². The predicted octanol–water partition coefficient (Wildman–Crippen LogP) is 0.294. The number of ether oxygens (including phenoxy) is 1. The maximum Gasteiger partial charge on any atom is 0.0847 e. The Balaban J connectivity index is 1.87. The van der Waals surface area contributed by atoms with Gasteiger partial charge in [-0.3, -0.25) is 0 Å². The van der Waals surface area contributed by atoms with Crippen LogP contribution >= 0.6 is 0 Å². The van der Waals surface area contributed by atoms with Crippen molar-refractivity contribution >= 4 is 0 Å². The second-order valence-electron chi connectivity index (χ2n) is 4.95. The maximum absolute atomic E-state index is 10.2. The van der Waals surface area contributed by atoms with Gasteiger partial charge in [-0.1, -0.05) is 30.3 Å². The maximum atomic E-state index is 10.2. The van der Waals surface area contributed by atoms with E-state index < -0.39 is 6.10 Å². The molecule has 1 aromatic rings. The van der Waals surface area contributed by atoms with Gasteiger partial charge in [0.2, 0.25) is 0 Å². The molecule has 0 radical (unpaired) electrons. The smallest absolute Gasteiger partial charge is 0.0847 e. The van der Waals surface area contributed by atoms with Crippen LogP contribution in [0.1, 0.15) is 12.0 Å². The lowest BCUT2D eigenvalue weighted by molar-refractivity contribution is 0.0868. The largest absolute Gasteiger partial charge is 0.390 e. The summed E-state index contributed by atoms with van der Waals surface area (Å²) in [6.07, 6.45) is 1.16. The third-order valence-corrected chi connectivity index (χ3v) is 3.62. The van der Waals surface area contributed by atoms with E-state index in [-0.39, 0.29) is 18.2 Å². The minimum absolute atomic E-state index is 0.0358. The van der Waals surface area contributed by atoms with Crippen molar-refractivity contribution in [3.05, 3.63) is 35.9 Å². The van der Waals surface area contributed by atoms with Crippen molar-refractivity contribution in [1.29, 1.82) is 0 Å². The Kier molecular flexibility index (Phi) is 4.72. The number of benzene rings is 1. The van der Waals surface area contributed by atoms with E-state index in [9.17, 15) is 5.11 Å². The molecule has 0 spiro atoms. The molecule has 4 heteroatoms. The molecule has 1 aliphatic rings. The fourth-order valence-electron chi connectivity index (χ4n) is 2.48. The molecule has 0 amide bonds. The second kappa shape index (κ2) is 6.29. The molecule has 1 saturated heterocycles. The van der Waals surface area contributed by atoms with Crippen LogP contribution in [0.15, 0.2) is 30.3 Å². The molecule has 1 fully saturated rings. The molecule has 4 unspecified atom stereocenters. The number of hydrogen-bond acceptors (Lipinski definition) is 4. The summed E-state index contributed by atoms with van der Waals surface area (Å²) >= 11 is 0. The molecule has 0 aromatic heterocycles. The van der Waals surface area contributed by atoms with Crippen molar-refractivity contribution in [2.75, 3.05) is 13.7 Å². The van der Waals surface area contributed by atoms with Crippen molar-refractivity contribution in [2.45, 2.75) is 37.1 Å². The summed E-state index contributed by atoms with van der Waals surface area (Å²) < 4.78 is 5.28. The van der Waals surface area contributed by atoms with Crippen LogP contribution in [0, 0.1) is 0 Å². The number of aliphatic hydroxyl groups excluding tert-OH is 1. The Morgan fingerprint density at radius 1 is 1.44 bits per heavy atom. The minimum atomic E-state index is -0.537. The van der Waals surface area contributed by atoms with Gasteiger partial charge in [-0.15, -0.1) is 0 Å². The average molecular weight is 250 g/mol. The van der Waals surface area contributed by atoms with E-state index in [1.165, 1.54) is 0 Å². The van der Waals surface area contributed by atoms with Crippen molar-refractivity contribution < 1.29 is 9.84 Å². The van der Waals surface area contributed by atoms with Crippen LogP contribution in [0.5, 0.6) is 0 Å². The molecule has 4 N–H and O–H groups in total. The van der Waals surface area contributed by atoms with Crippen molar-refractivity contribution in [1.82, 2.24) is 5.32 Å².